The molecule has 0 aliphatic rings. The van der Waals surface area contributed by atoms with Crippen LogP contribution in [0.5, 0.6) is 0 Å². The first kappa shape index (κ1) is 22.6. The van der Waals surface area contributed by atoms with Gasteiger partial charge in [0.1, 0.15) is 17.2 Å². The molecular formula is C16H17F4IN4O2S. The first-order chi connectivity index (χ1) is 13.1. The number of nitrogens with one attached hydrogen (secondary N) is 3. The second kappa shape index (κ2) is 9.24. The van der Waals surface area contributed by atoms with E-state index in [-0.39, 0.29) is 18.3 Å². The lowest BCUT2D eigenvalue weighted by Gasteiger charge is -2.21. The zero-order chi connectivity index (χ0) is 21.1. The molecule has 0 aliphatic carbocycles. The summed E-state index contributed by atoms with van der Waals surface area (Å²) in [4.78, 5) is 0. The highest BCUT2D eigenvalue weighted by atomic mass is 127. The number of benzene rings is 2. The van der Waals surface area contributed by atoms with Crippen LogP contribution in [0.4, 0.5) is 34.6 Å². The van der Waals surface area contributed by atoms with Crippen LogP contribution in [-0.2, 0) is 10.2 Å². The molecule has 12 heteroatoms. The van der Waals surface area contributed by atoms with E-state index in [1.54, 1.807) is 7.05 Å². The number of likely N-dealkylation sites (N-methyl/N-ethyl adjacent to an activating group) is 2. The molecule has 0 heterocycles. The van der Waals surface area contributed by atoms with Gasteiger partial charge in [0, 0.05) is 29.8 Å². The summed E-state index contributed by atoms with van der Waals surface area (Å²) in [6.07, 6.45) is 0. The average molecular weight is 532 g/mol. The summed E-state index contributed by atoms with van der Waals surface area (Å²) >= 11 is 1.85. The third-order valence-corrected chi connectivity index (χ3v) is 5.82. The first-order valence-corrected chi connectivity index (χ1v) is 10.4. The van der Waals surface area contributed by atoms with Gasteiger partial charge in [-0.3, -0.25) is 4.72 Å². The lowest BCUT2D eigenvalue weighted by molar-refractivity contribution is 0.469. The van der Waals surface area contributed by atoms with Crippen molar-refractivity contribution in [3.05, 3.63) is 51.1 Å². The number of hydrogen-bond donors (Lipinski definition) is 3. The fourth-order valence-electron chi connectivity index (χ4n) is 2.13. The molecule has 0 aromatic heterocycles. The van der Waals surface area contributed by atoms with Gasteiger partial charge >= 0.3 is 10.2 Å². The molecule has 2 aromatic carbocycles. The molecule has 0 amide bonds. The van der Waals surface area contributed by atoms with Crippen molar-refractivity contribution in [2.24, 2.45) is 0 Å². The number of nitrogens with zero attached hydrogens (tertiary/aromatic N) is 1. The van der Waals surface area contributed by atoms with E-state index < -0.39 is 44.9 Å². The molecule has 28 heavy (non-hydrogen) atoms. The molecule has 0 aliphatic heterocycles. The van der Waals surface area contributed by atoms with Gasteiger partial charge in [0.15, 0.2) is 17.5 Å². The van der Waals surface area contributed by atoms with E-state index in [1.165, 1.54) is 19.2 Å². The molecule has 6 nitrogen and oxygen atoms in total. The van der Waals surface area contributed by atoms with E-state index in [4.69, 9.17) is 0 Å². The van der Waals surface area contributed by atoms with Crippen LogP contribution in [0.15, 0.2) is 24.3 Å². The van der Waals surface area contributed by atoms with Gasteiger partial charge in [0.05, 0.1) is 5.69 Å². The quantitative estimate of drug-likeness (QED) is 0.277. The molecule has 3 N–H and O–H groups in total. The zero-order valence-corrected chi connectivity index (χ0v) is 17.8. The van der Waals surface area contributed by atoms with Gasteiger partial charge in [0.25, 0.3) is 0 Å². The smallest absolute Gasteiger partial charge is 0.301 e. The van der Waals surface area contributed by atoms with E-state index in [9.17, 15) is 26.0 Å². The van der Waals surface area contributed by atoms with E-state index >= 15 is 0 Å². The molecule has 0 radical (unpaired) electrons. The van der Waals surface area contributed by atoms with Crippen LogP contribution in [0, 0.1) is 26.8 Å². The lowest BCUT2D eigenvalue weighted by Crippen LogP contribution is -2.37. The third-order valence-electron chi connectivity index (χ3n) is 3.68. The van der Waals surface area contributed by atoms with Crippen LogP contribution in [0.1, 0.15) is 0 Å². The predicted molar refractivity (Wildman–Crippen MR) is 108 cm³/mol. The van der Waals surface area contributed by atoms with Crippen molar-refractivity contribution in [2.45, 2.75) is 0 Å². The van der Waals surface area contributed by atoms with Crippen LogP contribution in [0.25, 0.3) is 0 Å². The molecular weight excluding hydrogens is 515 g/mol. The third kappa shape index (κ3) is 5.24. The highest BCUT2D eigenvalue weighted by Crippen LogP contribution is 2.34. The average Bonchev–Trinajstić information content (AvgIpc) is 2.62. The van der Waals surface area contributed by atoms with Crippen LogP contribution in [0.2, 0.25) is 0 Å². The summed E-state index contributed by atoms with van der Waals surface area (Å²) in [5.41, 5.74) is -2.02. The van der Waals surface area contributed by atoms with Crippen LogP contribution >= 0.6 is 22.6 Å². The van der Waals surface area contributed by atoms with Crippen molar-refractivity contribution in [3.8, 4) is 0 Å². The Bertz CT molecular complexity index is 976. The van der Waals surface area contributed by atoms with Crippen molar-refractivity contribution < 1.29 is 26.0 Å². The van der Waals surface area contributed by atoms with E-state index in [1.807, 2.05) is 27.3 Å². The van der Waals surface area contributed by atoms with E-state index in [0.29, 0.717) is 10.1 Å². The number of anilines is 3. The molecule has 0 spiro atoms. The molecule has 0 saturated heterocycles. The summed E-state index contributed by atoms with van der Waals surface area (Å²) in [7, 11) is -1.45. The number of halogens is 5. The largest absolute Gasteiger partial charge is 0.349 e. The number of rotatable bonds is 8. The summed E-state index contributed by atoms with van der Waals surface area (Å²) < 4.78 is 84.4. The van der Waals surface area contributed by atoms with Crippen molar-refractivity contribution in [2.75, 3.05) is 37.2 Å². The van der Waals surface area contributed by atoms with Gasteiger partial charge in [-0.2, -0.15) is 12.7 Å². The summed E-state index contributed by atoms with van der Waals surface area (Å²) in [6.45, 7) is 0.336. The topological polar surface area (TPSA) is 73.5 Å². The van der Waals surface area contributed by atoms with Gasteiger partial charge in [-0.15, -0.1) is 0 Å². The monoisotopic (exact) mass is 532 g/mol. The zero-order valence-electron chi connectivity index (χ0n) is 14.8. The fraction of sp³-hybridized carbons (Fsp3) is 0.250. The second-order valence-electron chi connectivity index (χ2n) is 5.69. The number of hydrogen-bond acceptors (Lipinski definition) is 4. The molecule has 0 bridgehead atoms. The highest BCUT2D eigenvalue weighted by molar-refractivity contribution is 14.1. The maximum atomic E-state index is 14.3. The van der Waals surface area contributed by atoms with Gasteiger partial charge in [-0.25, -0.2) is 17.6 Å². The van der Waals surface area contributed by atoms with Crippen molar-refractivity contribution >= 4 is 49.9 Å². The molecule has 2 rings (SSSR count). The normalized spacial score (nSPS) is 11.7. The first-order valence-electron chi connectivity index (χ1n) is 7.85. The summed E-state index contributed by atoms with van der Waals surface area (Å²) in [6, 6.07) is 4.04. The lowest BCUT2D eigenvalue weighted by atomic mass is 10.2. The minimum Gasteiger partial charge on any atom is -0.349 e. The Morgan fingerprint density at radius 3 is 2.32 bits per heavy atom. The van der Waals surface area contributed by atoms with Gasteiger partial charge < -0.3 is 10.6 Å². The van der Waals surface area contributed by atoms with Crippen LogP contribution in [-0.4, -0.2) is 39.9 Å². The van der Waals surface area contributed by atoms with Gasteiger partial charge in [0.2, 0.25) is 0 Å². The van der Waals surface area contributed by atoms with Gasteiger partial charge in [-0.1, -0.05) is 0 Å². The maximum absolute atomic E-state index is 14.3. The SMILES string of the molecule is CNCCN(C)S(=O)(=O)Nc1c(F)cc(F)c(F)c1Nc1ccc(I)cc1F. The Balaban J connectivity index is 2.48. The molecule has 0 saturated carbocycles. The van der Waals surface area contributed by atoms with Crippen LogP contribution in [0.3, 0.4) is 0 Å². The van der Waals surface area contributed by atoms with Crippen molar-refractivity contribution in [3.63, 3.8) is 0 Å². The standard InChI is InChI=1S/C16H17F4IN4O2S/c1-22-5-6-25(2)28(26,27)24-15-12(19)8-11(18)14(20)16(15)23-13-4-3-9(21)7-10(13)17/h3-4,7-8,22-24H,5-6H2,1-2H3. The Hall–Kier alpha value is -1.64. The van der Waals surface area contributed by atoms with Crippen LogP contribution < -0.4 is 15.4 Å². The van der Waals surface area contributed by atoms with E-state index in [0.717, 1.165) is 10.4 Å². The maximum Gasteiger partial charge on any atom is 0.301 e. The minimum atomic E-state index is -4.29. The minimum absolute atomic E-state index is 0.0334. The fourth-order valence-corrected chi connectivity index (χ4v) is 3.53. The molecule has 154 valence electrons. The molecule has 0 atom stereocenters. The Kier molecular flexibility index (Phi) is 7.47. The summed E-state index contributed by atoms with van der Waals surface area (Å²) in [5, 5.41) is 4.98. The molecule has 0 unspecified atom stereocenters. The van der Waals surface area contributed by atoms with Crippen molar-refractivity contribution in [1.29, 1.82) is 0 Å². The predicted octanol–water partition coefficient (Wildman–Crippen LogP) is 3.40. The molecule has 2 aromatic rings. The highest BCUT2D eigenvalue weighted by Gasteiger charge is 2.26. The molecule has 0 fully saturated rings. The summed E-state index contributed by atoms with van der Waals surface area (Å²) in [5.74, 6) is -5.29. The van der Waals surface area contributed by atoms with Crippen molar-refractivity contribution in [1.82, 2.24) is 9.62 Å². The Morgan fingerprint density at radius 2 is 1.71 bits per heavy atom. The Morgan fingerprint density at radius 1 is 1.04 bits per heavy atom. The van der Waals surface area contributed by atoms with Gasteiger partial charge in [-0.05, 0) is 47.8 Å². The van der Waals surface area contributed by atoms with E-state index in [2.05, 4.69) is 10.6 Å². The Labute approximate surface area is 173 Å². The second-order valence-corrected chi connectivity index (χ2v) is 8.71.